The summed E-state index contributed by atoms with van der Waals surface area (Å²) in [4.78, 5) is 23.3. The van der Waals surface area contributed by atoms with Gasteiger partial charge in [-0.1, -0.05) is 24.3 Å². The van der Waals surface area contributed by atoms with Crippen LogP contribution in [0.2, 0.25) is 0 Å². The molecular formula is C23H20N4O3. The standard InChI is InChI=1S/C23H20N4O3/c1-15-9-10-21(27(29)30)13-22(15)26-16(2)11-18(17(26)3)12-19(14-24)23(28)25-20-7-5-4-6-8-20/h4-13H,1-3H3,(H,25,28)/b19-12+. The fourth-order valence-electron chi connectivity index (χ4n) is 3.28. The Hall–Kier alpha value is -4.18. The summed E-state index contributed by atoms with van der Waals surface area (Å²) in [6, 6.07) is 17.4. The maximum atomic E-state index is 12.5. The number of anilines is 1. The molecule has 1 aromatic heterocycles. The minimum absolute atomic E-state index is 0.000134. The second-order valence-corrected chi connectivity index (χ2v) is 6.88. The summed E-state index contributed by atoms with van der Waals surface area (Å²) in [5.41, 5.74) is 4.43. The summed E-state index contributed by atoms with van der Waals surface area (Å²) in [7, 11) is 0. The average Bonchev–Trinajstić information content (AvgIpc) is 3.00. The largest absolute Gasteiger partial charge is 0.321 e. The van der Waals surface area contributed by atoms with E-state index in [0.717, 1.165) is 17.0 Å². The normalized spacial score (nSPS) is 11.1. The molecular weight excluding hydrogens is 380 g/mol. The Morgan fingerprint density at radius 2 is 1.83 bits per heavy atom. The molecule has 3 aromatic rings. The number of nitro groups is 1. The van der Waals surface area contributed by atoms with Gasteiger partial charge in [-0.05, 0) is 56.2 Å². The van der Waals surface area contributed by atoms with Gasteiger partial charge in [0.1, 0.15) is 11.6 Å². The first-order valence-corrected chi connectivity index (χ1v) is 9.24. The Morgan fingerprint density at radius 1 is 1.13 bits per heavy atom. The Kier molecular flexibility index (Phi) is 5.79. The van der Waals surface area contributed by atoms with Crippen molar-refractivity contribution in [1.29, 1.82) is 5.26 Å². The van der Waals surface area contributed by atoms with E-state index in [1.54, 1.807) is 30.3 Å². The van der Waals surface area contributed by atoms with Gasteiger partial charge in [0.15, 0.2) is 0 Å². The molecule has 1 amide bonds. The summed E-state index contributed by atoms with van der Waals surface area (Å²) < 4.78 is 1.89. The van der Waals surface area contributed by atoms with Crippen molar-refractivity contribution in [1.82, 2.24) is 4.57 Å². The number of benzene rings is 2. The minimum Gasteiger partial charge on any atom is -0.321 e. The van der Waals surface area contributed by atoms with Gasteiger partial charge < -0.3 is 9.88 Å². The third kappa shape index (κ3) is 4.13. The van der Waals surface area contributed by atoms with Gasteiger partial charge in [-0.3, -0.25) is 14.9 Å². The molecule has 1 N–H and O–H groups in total. The fourth-order valence-corrected chi connectivity index (χ4v) is 3.28. The summed E-state index contributed by atoms with van der Waals surface area (Å²) in [5.74, 6) is -0.500. The number of nitro benzene ring substituents is 1. The fraction of sp³-hybridized carbons (Fsp3) is 0.130. The number of aromatic nitrogens is 1. The number of aryl methyl sites for hydroxylation is 2. The van der Waals surface area contributed by atoms with Gasteiger partial charge in [-0.15, -0.1) is 0 Å². The Balaban J connectivity index is 2.01. The minimum atomic E-state index is -0.500. The number of hydrogen-bond donors (Lipinski definition) is 1. The highest BCUT2D eigenvalue weighted by Crippen LogP contribution is 2.27. The molecule has 2 aromatic carbocycles. The lowest BCUT2D eigenvalue weighted by atomic mass is 10.1. The van der Waals surface area contributed by atoms with Gasteiger partial charge in [0, 0.05) is 29.2 Å². The maximum absolute atomic E-state index is 12.5. The number of carbonyl (C=O) groups is 1. The van der Waals surface area contributed by atoms with Crippen molar-refractivity contribution in [3.8, 4) is 11.8 Å². The molecule has 1 heterocycles. The zero-order chi connectivity index (χ0) is 21.8. The van der Waals surface area contributed by atoms with Gasteiger partial charge >= 0.3 is 0 Å². The number of carbonyl (C=O) groups excluding carboxylic acids is 1. The molecule has 0 bridgehead atoms. The summed E-state index contributed by atoms with van der Waals surface area (Å²) in [5, 5.41) is 23.4. The molecule has 0 saturated heterocycles. The SMILES string of the molecule is Cc1ccc([N+](=O)[O-])cc1-n1c(C)cc(/C=C(\C#N)C(=O)Nc2ccccc2)c1C. The molecule has 0 saturated carbocycles. The second kappa shape index (κ2) is 8.45. The molecule has 0 aliphatic carbocycles. The molecule has 7 heteroatoms. The monoisotopic (exact) mass is 400 g/mol. The molecule has 150 valence electrons. The highest BCUT2D eigenvalue weighted by Gasteiger charge is 2.17. The van der Waals surface area contributed by atoms with Gasteiger partial charge in [0.25, 0.3) is 11.6 Å². The van der Waals surface area contributed by atoms with Crippen LogP contribution in [0.3, 0.4) is 0 Å². The lowest BCUT2D eigenvalue weighted by molar-refractivity contribution is -0.384. The number of rotatable bonds is 5. The molecule has 7 nitrogen and oxygen atoms in total. The lowest BCUT2D eigenvalue weighted by Gasteiger charge is -2.12. The molecule has 0 aliphatic heterocycles. The predicted octanol–water partition coefficient (Wildman–Crippen LogP) is 4.86. The van der Waals surface area contributed by atoms with Gasteiger partial charge in [0.2, 0.25) is 0 Å². The van der Waals surface area contributed by atoms with Crippen molar-refractivity contribution >= 4 is 23.4 Å². The van der Waals surface area contributed by atoms with E-state index in [2.05, 4.69) is 5.32 Å². The molecule has 3 rings (SSSR count). The summed E-state index contributed by atoms with van der Waals surface area (Å²) in [6.07, 6.45) is 1.53. The molecule has 0 aliphatic rings. The average molecular weight is 400 g/mol. The Morgan fingerprint density at radius 3 is 2.47 bits per heavy atom. The number of nitriles is 1. The van der Waals surface area contributed by atoms with Crippen LogP contribution in [0, 0.1) is 42.2 Å². The van der Waals surface area contributed by atoms with E-state index in [0.29, 0.717) is 16.9 Å². The molecule has 0 unspecified atom stereocenters. The molecule has 0 fully saturated rings. The number of nitrogens with zero attached hydrogens (tertiary/aromatic N) is 3. The van der Waals surface area contributed by atoms with Crippen LogP contribution in [0.5, 0.6) is 0 Å². The Bertz CT molecular complexity index is 1200. The molecule has 0 atom stereocenters. The maximum Gasteiger partial charge on any atom is 0.271 e. The van der Waals surface area contributed by atoms with Crippen molar-refractivity contribution in [3.63, 3.8) is 0 Å². The van der Waals surface area contributed by atoms with E-state index >= 15 is 0 Å². The lowest BCUT2D eigenvalue weighted by Crippen LogP contribution is -2.13. The number of para-hydroxylation sites is 1. The van der Waals surface area contributed by atoms with E-state index in [1.165, 1.54) is 18.2 Å². The van der Waals surface area contributed by atoms with Crippen LogP contribution < -0.4 is 5.32 Å². The summed E-state index contributed by atoms with van der Waals surface area (Å²) >= 11 is 0. The van der Waals surface area contributed by atoms with Crippen molar-refractivity contribution < 1.29 is 9.72 Å². The van der Waals surface area contributed by atoms with Crippen molar-refractivity contribution in [2.75, 3.05) is 5.32 Å². The Labute approximate surface area is 174 Å². The zero-order valence-corrected chi connectivity index (χ0v) is 16.8. The van der Waals surface area contributed by atoms with Gasteiger partial charge in [-0.2, -0.15) is 5.26 Å². The third-order valence-electron chi connectivity index (χ3n) is 4.81. The summed E-state index contributed by atoms with van der Waals surface area (Å²) in [6.45, 7) is 5.60. The van der Waals surface area contributed by atoms with Crippen molar-refractivity contribution in [3.05, 3.63) is 92.8 Å². The third-order valence-corrected chi connectivity index (χ3v) is 4.81. The van der Waals surface area contributed by atoms with Gasteiger partial charge in [0.05, 0.1) is 10.6 Å². The number of amides is 1. The van der Waals surface area contributed by atoms with Gasteiger partial charge in [-0.25, -0.2) is 0 Å². The highest BCUT2D eigenvalue weighted by molar-refractivity contribution is 6.09. The van der Waals surface area contributed by atoms with E-state index in [9.17, 15) is 20.2 Å². The zero-order valence-electron chi connectivity index (χ0n) is 16.8. The number of non-ortho nitro benzene ring substituents is 1. The number of nitrogens with one attached hydrogen (secondary N) is 1. The van der Waals surface area contributed by atoms with Crippen LogP contribution >= 0.6 is 0 Å². The topological polar surface area (TPSA) is 101 Å². The highest BCUT2D eigenvalue weighted by atomic mass is 16.6. The van der Waals surface area contributed by atoms with Crippen LogP contribution in [0.25, 0.3) is 11.8 Å². The van der Waals surface area contributed by atoms with Crippen molar-refractivity contribution in [2.45, 2.75) is 20.8 Å². The van der Waals surface area contributed by atoms with Crippen LogP contribution in [-0.2, 0) is 4.79 Å². The number of hydrogen-bond acceptors (Lipinski definition) is 4. The van der Waals surface area contributed by atoms with Crippen molar-refractivity contribution in [2.24, 2.45) is 0 Å². The van der Waals surface area contributed by atoms with Crippen LogP contribution in [0.1, 0.15) is 22.5 Å². The quantitative estimate of drug-likeness (QED) is 0.286. The van der Waals surface area contributed by atoms with E-state index in [4.69, 9.17) is 0 Å². The van der Waals surface area contributed by atoms with Crippen LogP contribution in [-0.4, -0.2) is 15.4 Å². The van der Waals surface area contributed by atoms with Crippen LogP contribution in [0.4, 0.5) is 11.4 Å². The molecule has 0 radical (unpaired) electrons. The first kappa shape index (κ1) is 20.6. The molecule has 0 spiro atoms. The van der Waals surface area contributed by atoms with E-state index in [-0.39, 0.29) is 11.3 Å². The van der Waals surface area contributed by atoms with E-state index in [1.807, 2.05) is 43.5 Å². The molecule has 30 heavy (non-hydrogen) atoms. The van der Waals surface area contributed by atoms with Crippen LogP contribution in [0.15, 0.2) is 60.2 Å². The van der Waals surface area contributed by atoms with E-state index < -0.39 is 10.8 Å². The smallest absolute Gasteiger partial charge is 0.271 e. The predicted molar refractivity (Wildman–Crippen MR) is 115 cm³/mol. The first-order valence-electron chi connectivity index (χ1n) is 9.24. The first-order chi connectivity index (χ1) is 14.3. The second-order valence-electron chi connectivity index (χ2n) is 6.88.